The molecule has 3 heteroatoms. The Kier molecular flexibility index (Phi) is 7.47. The molecule has 0 saturated carbocycles. The first-order valence-corrected chi connectivity index (χ1v) is 12.6. The molecule has 0 aromatic heterocycles. The maximum absolute atomic E-state index is 10.9. The predicted molar refractivity (Wildman–Crippen MR) is 143 cm³/mol. The van der Waals surface area contributed by atoms with Crippen molar-refractivity contribution in [2.75, 3.05) is 5.32 Å². The second-order valence-corrected chi connectivity index (χ2v) is 10.6. The van der Waals surface area contributed by atoms with Crippen LogP contribution in [0.15, 0.2) is 103 Å². The van der Waals surface area contributed by atoms with Crippen molar-refractivity contribution < 1.29 is 5.11 Å². The van der Waals surface area contributed by atoms with Gasteiger partial charge in [0.1, 0.15) is 5.75 Å². The molecular weight excluding hydrogens is 421 g/mol. The fourth-order valence-corrected chi connectivity index (χ4v) is 5.78. The number of hydrogen-bond acceptors (Lipinski definition) is 2. The first kappa shape index (κ1) is 23.1. The van der Waals surface area contributed by atoms with E-state index in [0.29, 0.717) is 14.3 Å². The Morgan fingerprint density at radius 3 is 2.18 bits per heavy atom. The molecule has 0 amide bonds. The molecule has 2 nitrogen and oxygen atoms in total. The van der Waals surface area contributed by atoms with Crippen molar-refractivity contribution >= 4 is 19.6 Å². The Hall–Kier alpha value is -3.09. The Morgan fingerprint density at radius 1 is 0.788 bits per heavy atom. The summed E-state index contributed by atoms with van der Waals surface area (Å²) in [5.74, 6) is 0.392. The first-order valence-electron chi connectivity index (χ1n) is 11.6. The molecule has 0 bridgehead atoms. The average molecular weight is 454 g/mol. The SMILES string of the molecule is CCC(C)(Pc1ccccc1CNc1ccccc1)c1cc(Cc2ccccc2)ccc1O. The standard InChI is InChI=1S/C30H32NOP/c1-3-30(2,27-21-24(18-19-28(27)32)20-23-12-6-4-7-13-23)33-29-17-11-10-14-25(29)22-31-26-15-8-5-9-16-26/h4-19,21,31-33H,3,20,22H2,1-2H3. The quantitative estimate of drug-likeness (QED) is 0.262. The van der Waals surface area contributed by atoms with E-state index in [1.165, 1.54) is 22.0 Å². The molecule has 0 radical (unpaired) electrons. The van der Waals surface area contributed by atoms with E-state index in [2.05, 4.69) is 98.0 Å². The smallest absolute Gasteiger partial charge is 0.119 e. The van der Waals surface area contributed by atoms with Gasteiger partial charge in [-0.2, -0.15) is 0 Å². The molecule has 2 atom stereocenters. The summed E-state index contributed by atoms with van der Waals surface area (Å²) >= 11 is 0. The molecule has 4 aromatic rings. The molecule has 0 fully saturated rings. The van der Waals surface area contributed by atoms with Crippen LogP contribution < -0.4 is 10.6 Å². The largest absolute Gasteiger partial charge is 0.508 e. The molecule has 4 aromatic carbocycles. The monoisotopic (exact) mass is 453 g/mol. The lowest BCUT2D eigenvalue weighted by molar-refractivity contribution is 0.456. The third-order valence-electron chi connectivity index (χ3n) is 6.30. The molecule has 0 aliphatic heterocycles. The summed E-state index contributed by atoms with van der Waals surface area (Å²) in [5, 5.41) is 15.6. The van der Waals surface area contributed by atoms with Crippen molar-refractivity contribution in [3.63, 3.8) is 0 Å². The van der Waals surface area contributed by atoms with Crippen LogP contribution in [0.4, 0.5) is 5.69 Å². The van der Waals surface area contributed by atoms with E-state index in [4.69, 9.17) is 0 Å². The van der Waals surface area contributed by atoms with Gasteiger partial charge in [0.2, 0.25) is 0 Å². The van der Waals surface area contributed by atoms with Gasteiger partial charge in [-0.1, -0.05) is 107 Å². The summed E-state index contributed by atoms with van der Waals surface area (Å²) in [6, 6.07) is 35.6. The molecule has 33 heavy (non-hydrogen) atoms. The van der Waals surface area contributed by atoms with Gasteiger partial charge in [0, 0.05) is 23.0 Å². The van der Waals surface area contributed by atoms with Crippen molar-refractivity contribution in [2.45, 2.75) is 38.4 Å². The number of benzene rings is 4. The predicted octanol–water partition coefficient (Wildman–Crippen LogP) is 7.22. The van der Waals surface area contributed by atoms with Gasteiger partial charge in [0.05, 0.1) is 0 Å². The second-order valence-electron chi connectivity index (χ2n) is 8.70. The molecule has 0 aliphatic carbocycles. The normalized spacial score (nSPS) is 13.2. The number of phenols is 1. The van der Waals surface area contributed by atoms with Crippen LogP contribution in [-0.4, -0.2) is 5.11 Å². The van der Waals surface area contributed by atoms with Crippen molar-refractivity contribution in [1.29, 1.82) is 0 Å². The first-order chi connectivity index (χ1) is 16.1. The van der Waals surface area contributed by atoms with E-state index < -0.39 is 0 Å². The second kappa shape index (κ2) is 10.7. The molecule has 0 heterocycles. The van der Waals surface area contributed by atoms with Gasteiger partial charge in [-0.25, -0.2) is 0 Å². The Balaban J connectivity index is 1.59. The van der Waals surface area contributed by atoms with Gasteiger partial charge in [0.25, 0.3) is 0 Å². The van der Waals surface area contributed by atoms with Gasteiger partial charge in [-0.3, -0.25) is 0 Å². The zero-order valence-corrected chi connectivity index (χ0v) is 20.4. The average Bonchev–Trinajstić information content (AvgIpc) is 2.86. The zero-order chi connectivity index (χ0) is 23.1. The maximum Gasteiger partial charge on any atom is 0.119 e. The third-order valence-corrected chi connectivity index (χ3v) is 8.23. The number of phenolic OH excluding ortho intramolecular Hbond substituents is 1. The van der Waals surface area contributed by atoms with Crippen molar-refractivity contribution in [1.82, 2.24) is 0 Å². The fourth-order valence-electron chi connectivity index (χ4n) is 4.16. The van der Waals surface area contributed by atoms with Crippen molar-refractivity contribution in [3.8, 4) is 5.75 Å². The third kappa shape index (κ3) is 5.83. The minimum atomic E-state index is -0.139. The minimum absolute atomic E-state index is 0.139. The lowest BCUT2D eigenvalue weighted by atomic mass is 9.93. The van der Waals surface area contributed by atoms with Crippen LogP contribution in [0.2, 0.25) is 0 Å². The highest BCUT2D eigenvalue weighted by molar-refractivity contribution is 7.48. The highest BCUT2D eigenvalue weighted by Gasteiger charge is 2.29. The minimum Gasteiger partial charge on any atom is -0.508 e. The van der Waals surface area contributed by atoms with E-state index >= 15 is 0 Å². The maximum atomic E-state index is 10.9. The number of nitrogens with one attached hydrogen (secondary N) is 1. The molecule has 2 N–H and O–H groups in total. The van der Waals surface area contributed by atoms with E-state index in [9.17, 15) is 5.11 Å². The summed E-state index contributed by atoms with van der Waals surface area (Å²) in [6.45, 7) is 5.29. The molecule has 168 valence electrons. The summed E-state index contributed by atoms with van der Waals surface area (Å²) in [7, 11) is 0.553. The van der Waals surface area contributed by atoms with Crippen LogP contribution >= 0.6 is 8.58 Å². The summed E-state index contributed by atoms with van der Waals surface area (Å²) in [4.78, 5) is 0. The zero-order valence-electron chi connectivity index (χ0n) is 19.4. The van der Waals surface area contributed by atoms with Crippen LogP contribution in [0.25, 0.3) is 0 Å². The number of para-hydroxylation sites is 1. The number of hydrogen-bond donors (Lipinski definition) is 2. The van der Waals surface area contributed by atoms with Crippen LogP contribution in [0.1, 0.15) is 42.5 Å². The number of aromatic hydroxyl groups is 1. The highest BCUT2D eigenvalue weighted by atomic mass is 31.1. The Morgan fingerprint density at radius 2 is 1.45 bits per heavy atom. The molecular formula is C30H32NOP. The Labute approximate surface area is 199 Å². The molecule has 2 unspecified atom stereocenters. The lowest BCUT2D eigenvalue weighted by Crippen LogP contribution is -2.21. The van der Waals surface area contributed by atoms with E-state index in [1.54, 1.807) is 0 Å². The summed E-state index contributed by atoms with van der Waals surface area (Å²) in [6.07, 6.45) is 1.82. The van der Waals surface area contributed by atoms with Gasteiger partial charge in [-0.05, 0) is 53.0 Å². The van der Waals surface area contributed by atoms with Gasteiger partial charge in [-0.15, -0.1) is 0 Å². The number of anilines is 1. The van der Waals surface area contributed by atoms with Gasteiger partial charge in [0.15, 0.2) is 0 Å². The number of rotatable bonds is 9. The van der Waals surface area contributed by atoms with Crippen molar-refractivity contribution in [3.05, 3.63) is 125 Å². The van der Waals surface area contributed by atoms with E-state index in [-0.39, 0.29) is 5.16 Å². The topological polar surface area (TPSA) is 32.3 Å². The lowest BCUT2D eigenvalue weighted by Gasteiger charge is -2.31. The Bertz CT molecular complexity index is 1180. The molecule has 4 rings (SSSR count). The van der Waals surface area contributed by atoms with Crippen LogP contribution in [0.5, 0.6) is 5.75 Å². The van der Waals surface area contributed by atoms with Crippen molar-refractivity contribution in [2.24, 2.45) is 0 Å². The van der Waals surface area contributed by atoms with E-state index in [0.717, 1.165) is 30.6 Å². The van der Waals surface area contributed by atoms with Crippen LogP contribution in [0, 0.1) is 0 Å². The fraction of sp³-hybridized carbons (Fsp3) is 0.200. The van der Waals surface area contributed by atoms with Gasteiger partial charge >= 0.3 is 0 Å². The van der Waals surface area contributed by atoms with Gasteiger partial charge < -0.3 is 10.4 Å². The summed E-state index contributed by atoms with van der Waals surface area (Å²) in [5.41, 5.74) is 5.99. The van der Waals surface area contributed by atoms with Crippen LogP contribution in [-0.2, 0) is 18.1 Å². The summed E-state index contributed by atoms with van der Waals surface area (Å²) < 4.78 is 0. The van der Waals surface area contributed by atoms with E-state index in [1.807, 2.05) is 24.3 Å². The molecule has 0 spiro atoms. The molecule has 0 aliphatic rings. The molecule has 0 saturated heterocycles. The van der Waals surface area contributed by atoms with Crippen LogP contribution in [0.3, 0.4) is 0 Å². The highest BCUT2D eigenvalue weighted by Crippen LogP contribution is 2.47.